The second-order valence-electron chi connectivity index (χ2n) is 4.39. The monoisotopic (exact) mass is 244 g/mol. The van der Waals surface area contributed by atoms with Crippen molar-refractivity contribution < 1.29 is 0 Å². The normalized spacial score (nSPS) is 13.3. The number of hydrogen-bond donors (Lipinski definition) is 1. The molecule has 1 aromatic heterocycles. The molecule has 1 aromatic rings. The van der Waals surface area contributed by atoms with Crippen molar-refractivity contribution in [1.29, 1.82) is 0 Å². The number of halogens is 1. The van der Waals surface area contributed by atoms with Crippen molar-refractivity contribution in [1.82, 2.24) is 20.1 Å². The van der Waals surface area contributed by atoms with E-state index in [1.807, 2.05) is 4.68 Å². The molecule has 1 rings (SSSR count). The molecule has 0 radical (unpaired) electrons. The van der Waals surface area contributed by atoms with Crippen LogP contribution in [0, 0.1) is 5.92 Å². The van der Waals surface area contributed by atoms with Gasteiger partial charge in [0.15, 0.2) is 0 Å². The van der Waals surface area contributed by atoms with E-state index in [2.05, 4.69) is 36.2 Å². The van der Waals surface area contributed by atoms with Crippen molar-refractivity contribution in [3.05, 3.63) is 12.2 Å². The summed E-state index contributed by atoms with van der Waals surface area (Å²) in [5.41, 5.74) is 0. The van der Waals surface area contributed by atoms with Crippen LogP contribution < -0.4 is 5.32 Å². The average Bonchev–Trinajstić information content (AvgIpc) is 2.64. The maximum absolute atomic E-state index is 6.02. The molecule has 0 saturated carbocycles. The molecule has 5 heteroatoms. The van der Waals surface area contributed by atoms with Crippen molar-refractivity contribution in [3.63, 3.8) is 0 Å². The van der Waals surface area contributed by atoms with E-state index in [1.165, 1.54) is 0 Å². The SMILES string of the molecule is CCC(Cl)CNCc1ncnn1CC(C)C. The fraction of sp³-hybridized carbons (Fsp3) is 0.818. The van der Waals surface area contributed by atoms with E-state index in [4.69, 9.17) is 11.6 Å². The molecule has 1 N–H and O–H groups in total. The number of hydrogen-bond acceptors (Lipinski definition) is 3. The zero-order valence-corrected chi connectivity index (χ0v) is 11.0. The number of nitrogens with one attached hydrogen (secondary N) is 1. The Bertz CT molecular complexity index is 298. The smallest absolute Gasteiger partial charge is 0.140 e. The van der Waals surface area contributed by atoms with E-state index >= 15 is 0 Å². The van der Waals surface area contributed by atoms with E-state index < -0.39 is 0 Å². The topological polar surface area (TPSA) is 42.7 Å². The van der Waals surface area contributed by atoms with Crippen molar-refractivity contribution in [2.24, 2.45) is 5.92 Å². The van der Waals surface area contributed by atoms with Gasteiger partial charge >= 0.3 is 0 Å². The molecule has 0 aromatic carbocycles. The maximum Gasteiger partial charge on any atom is 0.140 e. The predicted molar refractivity (Wildman–Crippen MR) is 66.5 cm³/mol. The molecule has 1 heterocycles. The Hall–Kier alpha value is -0.610. The molecule has 0 amide bonds. The van der Waals surface area contributed by atoms with Gasteiger partial charge in [-0.25, -0.2) is 9.67 Å². The minimum absolute atomic E-state index is 0.196. The maximum atomic E-state index is 6.02. The number of aromatic nitrogens is 3. The third-order valence-electron chi connectivity index (χ3n) is 2.33. The zero-order valence-electron chi connectivity index (χ0n) is 10.3. The summed E-state index contributed by atoms with van der Waals surface area (Å²) < 4.78 is 1.95. The Balaban J connectivity index is 2.38. The van der Waals surface area contributed by atoms with Crippen molar-refractivity contribution in [2.45, 2.75) is 45.7 Å². The van der Waals surface area contributed by atoms with Crippen LogP contribution in [0.15, 0.2) is 6.33 Å². The largest absolute Gasteiger partial charge is 0.308 e. The molecule has 0 aliphatic carbocycles. The second-order valence-corrected chi connectivity index (χ2v) is 5.01. The van der Waals surface area contributed by atoms with Crippen molar-refractivity contribution in [3.8, 4) is 0 Å². The first-order chi connectivity index (χ1) is 7.63. The first kappa shape index (κ1) is 13.5. The molecule has 4 nitrogen and oxygen atoms in total. The fourth-order valence-corrected chi connectivity index (χ4v) is 1.52. The quantitative estimate of drug-likeness (QED) is 0.747. The van der Waals surface area contributed by atoms with Gasteiger partial charge in [0.25, 0.3) is 0 Å². The molecule has 0 bridgehead atoms. The third-order valence-corrected chi connectivity index (χ3v) is 2.79. The van der Waals surface area contributed by atoms with Crippen molar-refractivity contribution >= 4 is 11.6 Å². The molecular formula is C11H21ClN4. The van der Waals surface area contributed by atoms with Crippen LogP contribution in [0.1, 0.15) is 33.0 Å². The lowest BCUT2D eigenvalue weighted by Gasteiger charge is -2.10. The van der Waals surface area contributed by atoms with E-state index in [9.17, 15) is 0 Å². The van der Waals surface area contributed by atoms with Gasteiger partial charge in [0.1, 0.15) is 12.2 Å². The van der Waals surface area contributed by atoms with Crippen LogP contribution >= 0.6 is 11.6 Å². The summed E-state index contributed by atoms with van der Waals surface area (Å²) in [4.78, 5) is 4.24. The third kappa shape index (κ3) is 4.49. The minimum Gasteiger partial charge on any atom is -0.308 e. The molecule has 92 valence electrons. The summed E-state index contributed by atoms with van der Waals surface area (Å²) in [5.74, 6) is 1.56. The first-order valence-corrected chi connectivity index (χ1v) is 6.28. The lowest BCUT2D eigenvalue weighted by atomic mass is 10.2. The highest BCUT2D eigenvalue weighted by molar-refractivity contribution is 6.20. The van der Waals surface area contributed by atoms with Gasteiger partial charge in [-0.2, -0.15) is 5.10 Å². The summed E-state index contributed by atoms with van der Waals surface area (Å²) in [6, 6.07) is 0. The minimum atomic E-state index is 0.196. The summed E-state index contributed by atoms with van der Waals surface area (Å²) in [7, 11) is 0. The van der Waals surface area contributed by atoms with Crippen LogP contribution in [0.4, 0.5) is 0 Å². The Kier molecular flexibility index (Phi) is 5.77. The Labute approximate surface area is 102 Å². The van der Waals surface area contributed by atoms with Crippen LogP contribution in [0.2, 0.25) is 0 Å². The standard InChI is InChI=1S/C11H21ClN4/c1-4-10(12)5-13-6-11-14-8-15-16(11)7-9(2)3/h8-10,13H,4-7H2,1-3H3. The van der Waals surface area contributed by atoms with E-state index in [-0.39, 0.29) is 5.38 Å². The molecule has 0 spiro atoms. The highest BCUT2D eigenvalue weighted by atomic mass is 35.5. The fourth-order valence-electron chi connectivity index (χ4n) is 1.41. The molecule has 0 fully saturated rings. The van der Waals surface area contributed by atoms with Crippen LogP contribution in [0.5, 0.6) is 0 Å². The summed E-state index contributed by atoms with van der Waals surface area (Å²) >= 11 is 6.02. The molecular weight excluding hydrogens is 224 g/mol. The van der Waals surface area contributed by atoms with E-state index in [1.54, 1.807) is 6.33 Å². The van der Waals surface area contributed by atoms with Gasteiger partial charge in [-0.3, -0.25) is 0 Å². The van der Waals surface area contributed by atoms with E-state index in [0.29, 0.717) is 5.92 Å². The number of nitrogens with zero attached hydrogens (tertiary/aromatic N) is 3. The van der Waals surface area contributed by atoms with Gasteiger partial charge in [0.05, 0.1) is 6.54 Å². The van der Waals surface area contributed by atoms with E-state index in [0.717, 1.165) is 31.9 Å². The Morgan fingerprint density at radius 2 is 2.25 bits per heavy atom. The molecule has 1 unspecified atom stereocenters. The number of rotatable bonds is 7. The Morgan fingerprint density at radius 3 is 2.88 bits per heavy atom. The number of alkyl halides is 1. The van der Waals surface area contributed by atoms with Gasteiger partial charge < -0.3 is 5.32 Å². The molecule has 0 aliphatic heterocycles. The van der Waals surface area contributed by atoms with Crippen LogP contribution in [0.25, 0.3) is 0 Å². The van der Waals surface area contributed by atoms with Crippen LogP contribution in [-0.4, -0.2) is 26.7 Å². The predicted octanol–water partition coefficient (Wildman–Crippen LogP) is 2.04. The summed E-state index contributed by atoms with van der Waals surface area (Å²) in [6.45, 7) is 8.88. The van der Waals surface area contributed by atoms with Gasteiger partial charge in [0, 0.05) is 18.5 Å². The van der Waals surface area contributed by atoms with Gasteiger partial charge in [0.2, 0.25) is 0 Å². The van der Waals surface area contributed by atoms with Crippen LogP contribution in [0.3, 0.4) is 0 Å². The summed E-state index contributed by atoms with van der Waals surface area (Å²) in [6.07, 6.45) is 2.59. The second kappa shape index (κ2) is 6.86. The average molecular weight is 245 g/mol. The molecule has 16 heavy (non-hydrogen) atoms. The molecule has 0 saturated heterocycles. The van der Waals surface area contributed by atoms with Gasteiger partial charge in [-0.1, -0.05) is 20.8 Å². The highest BCUT2D eigenvalue weighted by Gasteiger charge is 2.06. The highest BCUT2D eigenvalue weighted by Crippen LogP contribution is 2.02. The van der Waals surface area contributed by atoms with Crippen molar-refractivity contribution in [2.75, 3.05) is 6.54 Å². The molecule has 1 atom stereocenters. The first-order valence-electron chi connectivity index (χ1n) is 5.85. The van der Waals surface area contributed by atoms with Crippen LogP contribution in [-0.2, 0) is 13.1 Å². The summed E-state index contributed by atoms with van der Waals surface area (Å²) in [5, 5.41) is 7.70. The lowest BCUT2D eigenvalue weighted by molar-refractivity contribution is 0.457. The Morgan fingerprint density at radius 1 is 1.50 bits per heavy atom. The van der Waals surface area contributed by atoms with Gasteiger partial charge in [-0.15, -0.1) is 11.6 Å². The molecule has 0 aliphatic rings. The lowest BCUT2D eigenvalue weighted by Crippen LogP contribution is -2.24. The zero-order chi connectivity index (χ0) is 12.0. The van der Waals surface area contributed by atoms with Gasteiger partial charge in [-0.05, 0) is 12.3 Å².